The summed E-state index contributed by atoms with van der Waals surface area (Å²) in [5.74, 6) is -0.468. The highest BCUT2D eigenvalue weighted by molar-refractivity contribution is 5.95. The lowest BCUT2D eigenvalue weighted by molar-refractivity contribution is -0.925. The van der Waals surface area contributed by atoms with E-state index in [0.717, 1.165) is 10.5 Å². The van der Waals surface area contributed by atoms with Gasteiger partial charge < -0.3 is 15.1 Å². The molecular formula is C25H25FN3O2+. The second-order valence-electron chi connectivity index (χ2n) is 7.66. The zero-order valence-electron chi connectivity index (χ0n) is 17.1. The van der Waals surface area contributed by atoms with Gasteiger partial charge in [-0.1, -0.05) is 48.5 Å². The second-order valence-corrected chi connectivity index (χ2v) is 7.66. The van der Waals surface area contributed by atoms with E-state index in [1.54, 1.807) is 12.1 Å². The van der Waals surface area contributed by atoms with E-state index in [1.165, 1.54) is 12.1 Å². The third kappa shape index (κ3) is 4.98. The Morgan fingerprint density at radius 3 is 2.03 bits per heavy atom. The van der Waals surface area contributed by atoms with Gasteiger partial charge in [-0.05, 0) is 36.4 Å². The van der Waals surface area contributed by atoms with Gasteiger partial charge in [0.15, 0.2) is 6.04 Å². The number of anilines is 1. The van der Waals surface area contributed by atoms with Crippen molar-refractivity contribution in [2.75, 3.05) is 31.5 Å². The molecule has 1 aliphatic rings. The van der Waals surface area contributed by atoms with Gasteiger partial charge in [-0.25, -0.2) is 4.39 Å². The highest BCUT2D eigenvalue weighted by Gasteiger charge is 2.35. The van der Waals surface area contributed by atoms with Crippen molar-refractivity contribution in [1.82, 2.24) is 4.90 Å². The summed E-state index contributed by atoms with van der Waals surface area (Å²) in [5.41, 5.74) is 2.16. The molecule has 0 bridgehead atoms. The highest BCUT2D eigenvalue weighted by atomic mass is 19.1. The van der Waals surface area contributed by atoms with Gasteiger partial charge in [0.05, 0.1) is 26.2 Å². The van der Waals surface area contributed by atoms with Crippen LogP contribution in [0, 0.1) is 5.82 Å². The standard InChI is InChI=1S/C25H24FN3O2/c26-21-11-13-22(14-12-21)27-24(30)23(19-7-3-1-4-8-19)28-15-17-29(18-16-28)25(31)20-9-5-2-6-10-20/h1-14,23H,15-18H2,(H,27,30)/p+1/t23-/m0/s1. The number of hydrogen-bond donors (Lipinski definition) is 2. The third-order valence-corrected chi connectivity index (χ3v) is 5.63. The summed E-state index contributed by atoms with van der Waals surface area (Å²) in [5, 5.41) is 2.92. The molecule has 1 atom stereocenters. The van der Waals surface area contributed by atoms with Crippen LogP contribution >= 0.6 is 0 Å². The van der Waals surface area contributed by atoms with Crippen molar-refractivity contribution < 1.29 is 18.9 Å². The second kappa shape index (κ2) is 9.53. The van der Waals surface area contributed by atoms with E-state index >= 15 is 0 Å². The van der Waals surface area contributed by atoms with Crippen molar-refractivity contribution >= 4 is 17.5 Å². The van der Waals surface area contributed by atoms with E-state index < -0.39 is 6.04 Å². The first-order valence-electron chi connectivity index (χ1n) is 10.4. The number of carbonyl (C=O) groups excluding carboxylic acids is 2. The first-order valence-corrected chi connectivity index (χ1v) is 10.4. The van der Waals surface area contributed by atoms with Gasteiger partial charge in [-0.2, -0.15) is 0 Å². The van der Waals surface area contributed by atoms with Gasteiger partial charge in [-0.15, -0.1) is 0 Å². The molecule has 2 N–H and O–H groups in total. The zero-order chi connectivity index (χ0) is 21.6. The van der Waals surface area contributed by atoms with E-state index in [1.807, 2.05) is 65.6 Å². The number of piperazine rings is 1. The molecule has 0 unspecified atom stereocenters. The number of nitrogens with zero attached hydrogens (tertiary/aromatic N) is 1. The normalized spacial score (nSPS) is 15.3. The number of amides is 2. The molecule has 158 valence electrons. The first-order chi connectivity index (χ1) is 15.1. The molecule has 1 fully saturated rings. The number of quaternary nitrogens is 1. The predicted octanol–water partition coefficient (Wildman–Crippen LogP) is 2.55. The molecule has 5 nitrogen and oxygen atoms in total. The van der Waals surface area contributed by atoms with E-state index in [0.29, 0.717) is 37.4 Å². The van der Waals surface area contributed by atoms with Crippen molar-refractivity contribution in [1.29, 1.82) is 0 Å². The van der Waals surface area contributed by atoms with Crippen LogP contribution in [0.2, 0.25) is 0 Å². The summed E-state index contributed by atoms with van der Waals surface area (Å²) in [6, 6.07) is 24.3. The molecule has 0 radical (unpaired) electrons. The molecule has 0 aliphatic carbocycles. The van der Waals surface area contributed by atoms with Gasteiger partial charge in [0, 0.05) is 16.8 Å². The maximum Gasteiger partial charge on any atom is 0.287 e. The van der Waals surface area contributed by atoms with E-state index in [2.05, 4.69) is 5.32 Å². The van der Waals surface area contributed by atoms with Crippen LogP contribution in [0.4, 0.5) is 10.1 Å². The van der Waals surface area contributed by atoms with E-state index in [4.69, 9.17) is 0 Å². The lowest BCUT2D eigenvalue weighted by atomic mass is 10.0. The summed E-state index contributed by atoms with van der Waals surface area (Å²) >= 11 is 0. The maximum absolute atomic E-state index is 13.2. The number of benzene rings is 3. The van der Waals surface area contributed by atoms with Crippen LogP contribution < -0.4 is 10.2 Å². The summed E-state index contributed by atoms with van der Waals surface area (Å²) in [6.07, 6.45) is 0. The molecule has 4 rings (SSSR count). The van der Waals surface area contributed by atoms with Gasteiger partial charge >= 0.3 is 0 Å². The summed E-state index contributed by atoms with van der Waals surface area (Å²) in [4.78, 5) is 28.9. The largest absolute Gasteiger partial charge is 0.327 e. The lowest BCUT2D eigenvalue weighted by Crippen LogP contribution is -3.16. The SMILES string of the molecule is O=C(Nc1ccc(F)cc1)[C@H](c1ccccc1)[NH+]1CCN(C(=O)c2ccccc2)CC1. The minimum atomic E-state index is -0.416. The molecule has 1 aliphatic heterocycles. The maximum atomic E-state index is 13.2. The van der Waals surface area contributed by atoms with Gasteiger partial charge in [0.25, 0.3) is 11.8 Å². The van der Waals surface area contributed by atoms with Crippen LogP contribution in [0.25, 0.3) is 0 Å². The fourth-order valence-electron chi connectivity index (χ4n) is 4.01. The molecular weight excluding hydrogens is 393 g/mol. The van der Waals surface area contributed by atoms with Crippen molar-refractivity contribution in [2.45, 2.75) is 6.04 Å². The summed E-state index contributed by atoms with van der Waals surface area (Å²) < 4.78 is 13.2. The average molecular weight is 418 g/mol. The summed E-state index contributed by atoms with van der Waals surface area (Å²) in [7, 11) is 0. The van der Waals surface area contributed by atoms with Crippen LogP contribution in [0.5, 0.6) is 0 Å². The van der Waals surface area contributed by atoms with E-state index in [9.17, 15) is 14.0 Å². The van der Waals surface area contributed by atoms with Crippen LogP contribution in [0.3, 0.4) is 0 Å². The zero-order valence-corrected chi connectivity index (χ0v) is 17.1. The first kappa shape index (κ1) is 20.8. The molecule has 0 spiro atoms. The molecule has 3 aromatic rings. The van der Waals surface area contributed by atoms with Crippen molar-refractivity contribution in [3.63, 3.8) is 0 Å². The van der Waals surface area contributed by atoms with Gasteiger partial charge in [0.2, 0.25) is 0 Å². The smallest absolute Gasteiger partial charge is 0.287 e. The number of halogens is 1. The highest BCUT2D eigenvalue weighted by Crippen LogP contribution is 2.15. The van der Waals surface area contributed by atoms with Crippen LogP contribution in [0.1, 0.15) is 22.0 Å². The molecule has 31 heavy (non-hydrogen) atoms. The van der Waals surface area contributed by atoms with Gasteiger partial charge in [0.1, 0.15) is 5.82 Å². The number of carbonyl (C=O) groups is 2. The Labute approximate surface area is 181 Å². The Bertz CT molecular complexity index is 1020. The Hall–Kier alpha value is -3.51. The Morgan fingerprint density at radius 1 is 0.839 bits per heavy atom. The monoisotopic (exact) mass is 418 g/mol. The van der Waals surface area contributed by atoms with Crippen LogP contribution in [0.15, 0.2) is 84.9 Å². The third-order valence-electron chi connectivity index (χ3n) is 5.63. The average Bonchev–Trinajstić information content (AvgIpc) is 2.82. The number of rotatable bonds is 5. The predicted molar refractivity (Wildman–Crippen MR) is 117 cm³/mol. The molecule has 1 heterocycles. The van der Waals surface area contributed by atoms with E-state index in [-0.39, 0.29) is 17.6 Å². The molecule has 0 aromatic heterocycles. The Morgan fingerprint density at radius 2 is 1.42 bits per heavy atom. The van der Waals surface area contributed by atoms with Gasteiger partial charge in [-0.3, -0.25) is 9.59 Å². The van der Waals surface area contributed by atoms with Crippen molar-refractivity contribution in [2.24, 2.45) is 0 Å². The summed E-state index contributed by atoms with van der Waals surface area (Å²) in [6.45, 7) is 2.48. The quantitative estimate of drug-likeness (QED) is 0.669. The van der Waals surface area contributed by atoms with Crippen molar-refractivity contribution in [3.05, 3.63) is 102 Å². The minimum Gasteiger partial charge on any atom is -0.327 e. The fraction of sp³-hybridized carbons (Fsp3) is 0.200. The number of nitrogens with one attached hydrogen (secondary N) is 2. The molecule has 3 aromatic carbocycles. The lowest BCUT2D eigenvalue weighted by Gasteiger charge is -2.36. The molecule has 1 saturated heterocycles. The van der Waals surface area contributed by atoms with Crippen LogP contribution in [-0.2, 0) is 4.79 Å². The number of hydrogen-bond acceptors (Lipinski definition) is 2. The Balaban J connectivity index is 1.48. The topological polar surface area (TPSA) is 53.9 Å². The molecule has 0 saturated carbocycles. The van der Waals surface area contributed by atoms with Crippen molar-refractivity contribution in [3.8, 4) is 0 Å². The fourth-order valence-corrected chi connectivity index (χ4v) is 4.01. The molecule has 2 amide bonds. The minimum absolute atomic E-state index is 0.0201. The Kier molecular flexibility index (Phi) is 6.38. The van der Waals surface area contributed by atoms with Crippen LogP contribution in [-0.4, -0.2) is 42.9 Å². The molecule has 6 heteroatoms.